The zero-order valence-electron chi connectivity index (χ0n) is 17.6. The number of nitrogens with one attached hydrogen (secondary N) is 1. The van der Waals surface area contributed by atoms with Crippen molar-refractivity contribution >= 4 is 17.5 Å². The van der Waals surface area contributed by atoms with E-state index in [1.807, 2.05) is 0 Å². The lowest BCUT2D eigenvalue weighted by atomic mass is 10.1. The summed E-state index contributed by atoms with van der Waals surface area (Å²) in [5.41, 5.74) is 7.25. The fourth-order valence-electron chi connectivity index (χ4n) is 3.10. The van der Waals surface area contributed by atoms with Gasteiger partial charge in [-0.3, -0.25) is 4.79 Å². The first-order valence-corrected chi connectivity index (χ1v) is 9.77. The Morgan fingerprint density at radius 2 is 1.79 bits per heavy atom. The molecular weight excluding hydrogens is 442 g/mol. The van der Waals surface area contributed by atoms with Crippen LogP contribution in [0.25, 0.3) is 0 Å². The van der Waals surface area contributed by atoms with Crippen LogP contribution in [0.5, 0.6) is 5.75 Å². The van der Waals surface area contributed by atoms with Gasteiger partial charge in [-0.1, -0.05) is 36.4 Å². The van der Waals surface area contributed by atoms with Crippen molar-refractivity contribution in [3.05, 3.63) is 77.4 Å². The molecule has 3 aromatic rings. The van der Waals surface area contributed by atoms with E-state index in [4.69, 9.17) is 5.73 Å². The molecule has 0 atom stereocenters. The highest BCUT2D eigenvalue weighted by atomic mass is 19.4. The van der Waals surface area contributed by atoms with Crippen LogP contribution in [0.4, 0.5) is 29.2 Å². The fraction of sp³-hybridized carbons (Fsp3) is 0.227. The van der Waals surface area contributed by atoms with Gasteiger partial charge in [0, 0.05) is 20.1 Å². The van der Waals surface area contributed by atoms with Gasteiger partial charge < -0.3 is 20.7 Å². The standard InChI is InChI=1S/C22H21F4N5O2/c1-31(12-16-3-2-4-17(9-16)33-22(24,25)26)21-19(23)20(29-13-30-21)28-11-15-7-5-14(6-8-15)10-18(27)32/h2-9,13H,10-12H2,1H3,(H2,27,32)(H,28,29,30). The third-order valence-electron chi connectivity index (χ3n) is 4.55. The number of hydrogen-bond acceptors (Lipinski definition) is 6. The number of alkyl halides is 3. The number of benzene rings is 2. The Balaban J connectivity index is 1.67. The molecule has 0 fully saturated rings. The van der Waals surface area contributed by atoms with Crippen LogP contribution in [0.2, 0.25) is 0 Å². The van der Waals surface area contributed by atoms with Crippen LogP contribution in [0.15, 0.2) is 54.9 Å². The van der Waals surface area contributed by atoms with E-state index in [2.05, 4.69) is 20.0 Å². The van der Waals surface area contributed by atoms with E-state index in [1.165, 1.54) is 29.4 Å². The molecule has 1 heterocycles. The molecule has 0 unspecified atom stereocenters. The van der Waals surface area contributed by atoms with Gasteiger partial charge in [0.2, 0.25) is 11.7 Å². The van der Waals surface area contributed by atoms with Crippen LogP contribution in [-0.4, -0.2) is 29.3 Å². The molecule has 0 aliphatic heterocycles. The highest BCUT2D eigenvalue weighted by Gasteiger charge is 2.31. The Hall–Kier alpha value is -3.89. The van der Waals surface area contributed by atoms with Crippen molar-refractivity contribution in [3.8, 4) is 5.75 Å². The Bertz CT molecular complexity index is 1110. The van der Waals surface area contributed by atoms with Crippen LogP contribution < -0.4 is 20.7 Å². The van der Waals surface area contributed by atoms with Gasteiger partial charge >= 0.3 is 6.36 Å². The predicted molar refractivity (Wildman–Crippen MR) is 114 cm³/mol. The first kappa shape index (κ1) is 23.8. The normalized spacial score (nSPS) is 11.2. The molecule has 1 aromatic heterocycles. The van der Waals surface area contributed by atoms with Crippen LogP contribution in [0.3, 0.4) is 0 Å². The van der Waals surface area contributed by atoms with Crippen molar-refractivity contribution < 1.29 is 27.1 Å². The third-order valence-corrected chi connectivity index (χ3v) is 4.55. The predicted octanol–water partition coefficient (Wildman–Crippen LogP) is 3.79. The van der Waals surface area contributed by atoms with Crippen LogP contribution in [0.1, 0.15) is 16.7 Å². The number of primary amides is 1. The van der Waals surface area contributed by atoms with Crippen molar-refractivity contribution in [1.82, 2.24) is 9.97 Å². The van der Waals surface area contributed by atoms with Gasteiger partial charge in [-0.2, -0.15) is 4.39 Å². The number of halogens is 4. The maximum Gasteiger partial charge on any atom is 0.573 e. The molecule has 0 aliphatic rings. The molecule has 0 spiro atoms. The SMILES string of the molecule is CN(Cc1cccc(OC(F)(F)F)c1)c1ncnc(NCc2ccc(CC(N)=O)cc2)c1F. The van der Waals surface area contributed by atoms with Gasteiger partial charge in [0.25, 0.3) is 0 Å². The Morgan fingerprint density at radius 1 is 1.09 bits per heavy atom. The van der Waals surface area contributed by atoms with E-state index >= 15 is 0 Å². The van der Waals surface area contributed by atoms with Crippen LogP contribution >= 0.6 is 0 Å². The van der Waals surface area contributed by atoms with Crippen molar-refractivity contribution in [3.63, 3.8) is 0 Å². The number of nitrogens with zero attached hydrogens (tertiary/aromatic N) is 3. The average molecular weight is 463 g/mol. The van der Waals surface area contributed by atoms with Crippen LogP contribution in [0, 0.1) is 5.82 Å². The summed E-state index contributed by atoms with van der Waals surface area (Å²) in [4.78, 5) is 20.3. The quantitative estimate of drug-likeness (QED) is 0.469. The number of aromatic nitrogens is 2. The number of nitrogens with two attached hydrogens (primary N) is 1. The second-order valence-electron chi connectivity index (χ2n) is 7.22. The number of carbonyl (C=O) groups is 1. The summed E-state index contributed by atoms with van der Waals surface area (Å²) in [5.74, 6) is -1.54. The van der Waals surface area contributed by atoms with Gasteiger partial charge in [-0.05, 0) is 28.8 Å². The second-order valence-corrected chi connectivity index (χ2v) is 7.22. The van der Waals surface area contributed by atoms with E-state index < -0.39 is 18.1 Å². The minimum atomic E-state index is -4.80. The average Bonchev–Trinajstić information content (AvgIpc) is 2.72. The van der Waals surface area contributed by atoms with Crippen molar-refractivity contribution in [1.29, 1.82) is 0 Å². The molecule has 1 amide bonds. The number of ether oxygens (including phenoxy) is 1. The molecule has 0 saturated carbocycles. The van der Waals surface area contributed by atoms with E-state index in [-0.39, 0.29) is 36.9 Å². The lowest BCUT2D eigenvalue weighted by molar-refractivity contribution is -0.274. The molecule has 0 radical (unpaired) electrons. The summed E-state index contributed by atoms with van der Waals surface area (Å²) in [7, 11) is 1.56. The zero-order chi connectivity index (χ0) is 24.0. The largest absolute Gasteiger partial charge is 0.573 e. The molecule has 0 aliphatic carbocycles. The Labute approximate surface area is 187 Å². The highest BCUT2D eigenvalue weighted by Crippen LogP contribution is 2.26. The summed E-state index contributed by atoms with van der Waals surface area (Å²) in [6.45, 7) is 0.356. The van der Waals surface area contributed by atoms with E-state index in [9.17, 15) is 22.4 Å². The minimum Gasteiger partial charge on any atom is -0.406 e. The fourth-order valence-corrected chi connectivity index (χ4v) is 3.10. The first-order chi connectivity index (χ1) is 15.6. The number of rotatable bonds is 9. The lowest BCUT2D eigenvalue weighted by Gasteiger charge is -2.20. The maximum atomic E-state index is 15.0. The third kappa shape index (κ3) is 7.06. The molecule has 11 heteroatoms. The summed E-state index contributed by atoms with van der Waals surface area (Å²) in [6, 6.07) is 12.5. The Kier molecular flexibility index (Phi) is 7.31. The number of carbonyl (C=O) groups excluding carboxylic acids is 1. The minimum absolute atomic E-state index is 0.0218. The Morgan fingerprint density at radius 3 is 2.45 bits per heavy atom. The van der Waals surface area contributed by atoms with E-state index in [0.29, 0.717) is 5.56 Å². The van der Waals surface area contributed by atoms with Gasteiger partial charge in [0.15, 0.2) is 11.6 Å². The number of amides is 1. The summed E-state index contributed by atoms with van der Waals surface area (Å²) in [5, 5.41) is 2.89. The summed E-state index contributed by atoms with van der Waals surface area (Å²) in [6.07, 6.45) is -3.47. The molecule has 174 valence electrons. The molecule has 0 bridgehead atoms. The smallest absolute Gasteiger partial charge is 0.406 e. The molecule has 2 aromatic carbocycles. The lowest BCUT2D eigenvalue weighted by Crippen LogP contribution is -2.21. The number of anilines is 2. The first-order valence-electron chi connectivity index (χ1n) is 9.77. The molecule has 0 saturated heterocycles. The maximum absolute atomic E-state index is 15.0. The van der Waals surface area contributed by atoms with Gasteiger partial charge in [0.1, 0.15) is 12.1 Å². The van der Waals surface area contributed by atoms with Gasteiger partial charge in [0.05, 0.1) is 6.42 Å². The summed E-state index contributed by atoms with van der Waals surface area (Å²) >= 11 is 0. The highest BCUT2D eigenvalue weighted by molar-refractivity contribution is 5.76. The molecular formula is C22H21F4N5O2. The van der Waals surface area contributed by atoms with E-state index in [1.54, 1.807) is 37.4 Å². The zero-order valence-corrected chi connectivity index (χ0v) is 17.6. The molecule has 33 heavy (non-hydrogen) atoms. The molecule has 3 N–H and O–H groups in total. The molecule has 7 nitrogen and oxygen atoms in total. The monoisotopic (exact) mass is 463 g/mol. The van der Waals surface area contributed by atoms with Crippen molar-refractivity contribution in [2.75, 3.05) is 17.3 Å². The van der Waals surface area contributed by atoms with E-state index in [0.717, 1.165) is 11.1 Å². The van der Waals surface area contributed by atoms with Gasteiger partial charge in [-0.15, -0.1) is 13.2 Å². The second kappa shape index (κ2) is 10.2. The molecule has 3 rings (SSSR count). The topological polar surface area (TPSA) is 93.4 Å². The van der Waals surface area contributed by atoms with Gasteiger partial charge in [-0.25, -0.2) is 9.97 Å². The van der Waals surface area contributed by atoms with Crippen molar-refractivity contribution in [2.24, 2.45) is 5.73 Å². The number of hydrogen-bond donors (Lipinski definition) is 2. The van der Waals surface area contributed by atoms with Crippen molar-refractivity contribution in [2.45, 2.75) is 25.9 Å². The summed E-state index contributed by atoms with van der Waals surface area (Å²) < 4.78 is 56.2. The van der Waals surface area contributed by atoms with Crippen LogP contribution in [-0.2, 0) is 24.3 Å².